The maximum Gasteiger partial charge on any atom is 0.356 e. The van der Waals surface area contributed by atoms with Gasteiger partial charge in [0.1, 0.15) is 5.58 Å². The number of nitrogens with zero attached hydrogens (tertiary/aromatic N) is 2. The van der Waals surface area contributed by atoms with Crippen molar-refractivity contribution in [2.75, 3.05) is 0 Å². The van der Waals surface area contributed by atoms with E-state index in [1.165, 1.54) is 12.4 Å². The largest absolute Gasteiger partial charge is 0.476 e. The second-order valence-corrected chi connectivity index (χ2v) is 4.22. The number of carboxylic acids is 1. The van der Waals surface area contributed by atoms with Crippen LogP contribution in [0.3, 0.4) is 0 Å². The summed E-state index contributed by atoms with van der Waals surface area (Å²) < 4.78 is 5.38. The van der Waals surface area contributed by atoms with Crippen molar-refractivity contribution in [3.63, 3.8) is 0 Å². The summed E-state index contributed by atoms with van der Waals surface area (Å²) in [5.41, 5.74) is 3.31. The Morgan fingerprint density at radius 3 is 2.79 bits per heavy atom. The minimum atomic E-state index is -1.08. The summed E-state index contributed by atoms with van der Waals surface area (Å²) in [7, 11) is 0. The highest BCUT2D eigenvalue weighted by Gasteiger charge is 2.08. The van der Waals surface area contributed by atoms with Crippen LogP contribution in [-0.4, -0.2) is 21.0 Å². The summed E-state index contributed by atoms with van der Waals surface area (Å²) in [6.07, 6.45) is 4.41. The van der Waals surface area contributed by atoms with Gasteiger partial charge in [0.05, 0.1) is 24.4 Å². The maximum absolute atomic E-state index is 10.7. The second kappa shape index (κ2) is 4.20. The van der Waals surface area contributed by atoms with Gasteiger partial charge in [0.15, 0.2) is 5.69 Å². The fourth-order valence-corrected chi connectivity index (χ4v) is 1.90. The number of furan rings is 1. The summed E-state index contributed by atoms with van der Waals surface area (Å²) in [5, 5.41) is 9.80. The predicted octanol–water partition coefficient (Wildman–Crippen LogP) is 2.90. The lowest BCUT2D eigenvalue weighted by molar-refractivity contribution is 0.0690. The summed E-state index contributed by atoms with van der Waals surface area (Å²) >= 11 is 0. The molecule has 2 heterocycles. The van der Waals surface area contributed by atoms with Gasteiger partial charge in [-0.25, -0.2) is 9.78 Å². The van der Waals surface area contributed by atoms with Gasteiger partial charge in [-0.1, -0.05) is 0 Å². The van der Waals surface area contributed by atoms with Gasteiger partial charge in [0.2, 0.25) is 0 Å². The Balaban J connectivity index is 2.08. The van der Waals surface area contributed by atoms with Crippen molar-refractivity contribution in [3.8, 4) is 11.3 Å². The van der Waals surface area contributed by atoms with Crippen LogP contribution in [0, 0.1) is 6.92 Å². The van der Waals surface area contributed by atoms with E-state index in [1.807, 2.05) is 25.1 Å². The first kappa shape index (κ1) is 11.4. The topological polar surface area (TPSA) is 76.2 Å². The van der Waals surface area contributed by atoms with E-state index in [4.69, 9.17) is 9.52 Å². The van der Waals surface area contributed by atoms with Crippen LogP contribution in [0.2, 0.25) is 0 Å². The average Bonchev–Trinajstić information content (AvgIpc) is 2.80. The Morgan fingerprint density at radius 1 is 1.26 bits per heavy atom. The third kappa shape index (κ3) is 1.95. The summed E-state index contributed by atoms with van der Waals surface area (Å²) in [5.74, 6) is -1.08. The van der Waals surface area contributed by atoms with Crippen molar-refractivity contribution >= 4 is 16.9 Å². The number of hydrogen-bond donors (Lipinski definition) is 1. The first-order chi connectivity index (χ1) is 9.15. The highest BCUT2D eigenvalue weighted by atomic mass is 16.4. The van der Waals surface area contributed by atoms with Gasteiger partial charge in [0, 0.05) is 10.9 Å². The molecule has 0 bridgehead atoms. The Morgan fingerprint density at radius 2 is 2.11 bits per heavy atom. The van der Waals surface area contributed by atoms with Crippen LogP contribution in [0.1, 0.15) is 16.1 Å². The zero-order valence-electron chi connectivity index (χ0n) is 10.1. The minimum absolute atomic E-state index is 0.0654. The van der Waals surface area contributed by atoms with Crippen LogP contribution in [0.4, 0.5) is 0 Å². The first-order valence-electron chi connectivity index (χ1n) is 5.69. The summed E-state index contributed by atoms with van der Waals surface area (Å²) in [4.78, 5) is 18.7. The number of aromatic carboxylic acids is 1. The van der Waals surface area contributed by atoms with Gasteiger partial charge in [-0.05, 0) is 30.7 Å². The molecule has 5 nitrogen and oxygen atoms in total. The van der Waals surface area contributed by atoms with E-state index in [0.717, 1.165) is 22.1 Å². The highest BCUT2D eigenvalue weighted by Crippen LogP contribution is 2.26. The predicted molar refractivity (Wildman–Crippen MR) is 68.9 cm³/mol. The van der Waals surface area contributed by atoms with Crippen LogP contribution < -0.4 is 0 Å². The standard InChI is InChI=1S/C14H10N2O3/c1-8-7-19-13-3-2-9(4-10(8)13)11-5-16-12(6-15-11)14(17)18/h2-7H,1H3,(H,17,18). The number of fused-ring (bicyclic) bond motifs is 1. The molecule has 0 aliphatic rings. The Labute approximate surface area is 108 Å². The molecule has 94 valence electrons. The molecule has 0 unspecified atom stereocenters. The highest BCUT2D eigenvalue weighted by molar-refractivity contribution is 5.86. The van der Waals surface area contributed by atoms with Crippen molar-refractivity contribution in [1.82, 2.24) is 9.97 Å². The molecular formula is C14H10N2O3. The van der Waals surface area contributed by atoms with Gasteiger partial charge in [-0.15, -0.1) is 0 Å². The van der Waals surface area contributed by atoms with E-state index in [-0.39, 0.29) is 5.69 Å². The number of rotatable bonds is 2. The molecule has 19 heavy (non-hydrogen) atoms. The van der Waals surface area contributed by atoms with E-state index in [2.05, 4.69) is 9.97 Å². The normalized spacial score (nSPS) is 10.8. The number of aromatic nitrogens is 2. The monoisotopic (exact) mass is 254 g/mol. The van der Waals surface area contributed by atoms with E-state index < -0.39 is 5.97 Å². The van der Waals surface area contributed by atoms with Crippen LogP contribution in [-0.2, 0) is 0 Å². The van der Waals surface area contributed by atoms with Gasteiger partial charge in [-0.2, -0.15) is 0 Å². The van der Waals surface area contributed by atoms with E-state index in [9.17, 15) is 4.79 Å². The van der Waals surface area contributed by atoms with E-state index in [1.54, 1.807) is 6.26 Å². The molecule has 0 saturated carbocycles. The average molecular weight is 254 g/mol. The summed E-state index contributed by atoms with van der Waals surface area (Å²) in [6.45, 7) is 1.97. The Bertz CT molecular complexity index is 760. The third-order valence-electron chi connectivity index (χ3n) is 2.93. The van der Waals surface area contributed by atoms with Crippen molar-refractivity contribution in [1.29, 1.82) is 0 Å². The molecule has 0 spiro atoms. The summed E-state index contributed by atoms with van der Waals surface area (Å²) in [6, 6.07) is 5.69. The lowest BCUT2D eigenvalue weighted by Gasteiger charge is -2.01. The van der Waals surface area contributed by atoms with Gasteiger partial charge < -0.3 is 9.52 Å². The number of benzene rings is 1. The third-order valence-corrected chi connectivity index (χ3v) is 2.93. The number of hydrogen-bond acceptors (Lipinski definition) is 4. The fourth-order valence-electron chi connectivity index (χ4n) is 1.90. The van der Waals surface area contributed by atoms with E-state index >= 15 is 0 Å². The Hall–Kier alpha value is -2.69. The molecule has 0 aliphatic carbocycles. The molecule has 0 aliphatic heterocycles. The Kier molecular flexibility index (Phi) is 2.52. The molecule has 1 N–H and O–H groups in total. The van der Waals surface area contributed by atoms with E-state index in [0.29, 0.717) is 5.69 Å². The molecule has 0 saturated heterocycles. The zero-order valence-corrected chi connectivity index (χ0v) is 10.1. The van der Waals surface area contributed by atoms with Crippen LogP contribution >= 0.6 is 0 Å². The van der Waals surface area contributed by atoms with Crippen molar-refractivity contribution in [2.24, 2.45) is 0 Å². The van der Waals surface area contributed by atoms with Crippen LogP contribution in [0.25, 0.3) is 22.2 Å². The maximum atomic E-state index is 10.7. The molecule has 2 aromatic heterocycles. The molecular weight excluding hydrogens is 244 g/mol. The molecule has 3 aromatic rings. The minimum Gasteiger partial charge on any atom is -0.476 e. The second-order valence-electron chi connectivity index (χ2n) is 4.22. The lowest BCUT2D eigenvalue weighted by atomic mass is 10.1. The van der Waals surface area contributed by atoms with Crippen molar-refractivity contribution < 1.29 is 14.3 Å². The molecule has 0 fully saturated rings. The van der Waals surface area contributed by atoms with Crippen LogP contribution in [0.15, 0.2) is 41.3 Å². The van der Waals surface area contributed by atoms with Crippen molar-refractivity contribution in [2.45, 2.75) is 6.92 Å². The number of carboxylic acid groups (broad SMARTS) is 1. The fraction of sp³-hybridized carbons (Fsp3) is 0.0714. The van der Waals surface area contributed by atoms with Gasteiger partial charge in [-0.3, -0.25) is 4.98 Å². The number of aryl methyl sites for hydroxylation is 1. The van der Waals surface area contributed by atoms with Crippen molar-refractivity contribution in [3.05, 3.63) is 48.1 Å². The number of carbonyl (C=O) groups is 1. The van der Waals surface area contributed by atoms with Gasteiger partial charge in [0.25, 0.3) is 0 Å². The molecule has 0 radical (unpaired) electrons. The van der Waals surface area contributed by atoms with Gasteiger partial charge >= 0.3 is 5.97 Å². The molecule has 0 amide bonds. The smallest absolute Gasteiger partial charge is 0.356 e. The zero-order chi connectivity index (χ0) is 13.4. The quantitative estimate of drug-likeness (QED) is 0.760. The SMILES string of the molecule is Cc1coc2ccc(-c3cnc(C(=O)O)cn3)cc12. The molecule has 1 aromatic carbocycles. The molecule has 3 rings (SSSR count). The van der Waals surface area contributed by atoms with Crippen LogP contribution in [0.5, 0.6) is 0 Å². The molecule has 0 atom stereocenters. The first-order valence-corrected chi connectivity index (χ1v) is 5.69. The lowest BCUT2D eigenvalue weighted by Crippen LogP contribution is -2.01. The molecule has 5 heteroatoms.